The van der Waals surface area contributed by atoms with Crippen molar-refractivity contribution in [2.45, 2.75) is 33.6 Å². The van der Waals surface area contributed by atoms with Crippen molar-refractivity contribution in [2.24, 2.45) is 0 Å². The minimum Gasteiger partial charge on any atom is -0.509 e. The molecule has 45 heavy (non-hydrogen) atoms. The largest absolute Gasteiger partial charge is 2.00 e. The number of para-hydroxylation sites is 1. The Labute approximate surface area is 273 Å². The average molecular weight is 689 g/mol. The van der Waals surface area contributed by atoms with Crippen molar-refractivity contribution < 1.29 is 33.9 Å². The van der Waals surface area contributed by atoms with Crippen LogP contribution in [0.4, 0.5) is 8.78 Å². The van der Waals surface area contributed by atoms with Crippen LogP contribution in [0.2, 0.25) is 0 Å². The maximum absolute atomic E-state index is 14.9. The Hall–Kier alpha value is -4.64. The summed E-state index contributed by atoms with van der Waals surface area (Å²) < 4.78 is 39.9. The van der Waals surface area contributed by atoms with Crippen LogP contribution in [0.3, 0.4) is 0 Å². The average Bonchev–Trinajstić information content (AvgIpc) is 3.56. The molecule has 0 saturated carbocycles. The van der Waals surface area contributed by atoms with Gasteiger partial charge in [0.25, 0.3) is 0 Å². The fourth-order valence-electron chi connectivity index (χ4n) is 5.85. The number of aromatic nitrogens is 4. The zero-order chi connectivity index (χ0) is 30.4. The summed E-state index contributed by atoms with van der Waals surface area (Å²) in [6.07, 6.45) is 2.83. The van der Waals surface area contributed by atoms with Crippen LogP contribution in [0, 0.1) is 30.7 Å². The van der Waals surface area contributed by atoms with Crippen molar-refractivity contribution in [1.29, 1.82) is 0 Å². The van der Waals surface area contributed by atoms with E-state index in [2.05, 4.69) is 33.8 Å². The SMILES string of the molecule is CCc1nn(-c2[c-]c(Oc3[c-]c4c(cc3)c3ccccc3n4-c3cc(C)ccn3)ccc2)c(CC)c1-c1c(F)cccc1F.[Pd+2]. The third-order valence-corrected chi connectivity index (χ3v) is 7.82. The molecule has 0 aliphatic carbocycles. The molecule has 8 heteroatoms. The van der Waals surface area contributed by atoms with E-state index in [4.69, 9.17) is 9.84 Å². The first-order valence-corrected chi connectivity index (χ1v) is 14.6. The van der Waals surface area contributed by atoms with Crippen LogP contribution in [0.5, 0.6) is 11.5 Å². The van der Waals surface area contributed by atoms with Gasteiger partial charge in [-0.25, -0.2) is 13.8 Å². The summed E-state index contributed by atoms with van der Waals surface area (Å²) >= 11 is 0. The number of pyridine rings is 1. The van der Waals surface area contributed by atoms with Crippen LogP contribution in [-0.4, -0.2) is 19.3 Å². The number of benzene rings is 4. The zero-order valence-corrected chi connectivity index (χ0v) is 26.4. The second-order valence-corrected chi connectivity index (χ2v) is 10.6. The van der Waals surface area contributed by atoms with E-state index in [0.29, 0.717) is 47.0 Å². The van der Waals surface area contributed by atoms with Gasteiger partial charge in [0.2, 0.25) is 0 Å². The Balaban J connectivity index is 0.00000357. The number of aryl methyl sites for hydroxylation is 2. The molecule has 0 radical (unpaired) electrons. The van der Waals surface area contributed by atoms with Gasteiger partial charge in [-0.15, -0.1) is 35.7 Å². The van der Waals surface area contributed by atoms with E-state index >= 15 is 0 Å². The second kappa shape index (κ2) is 12.4. The second-order valence-electron chi connectivity index (χ2n) is 10.6. The van der Waals surface area contributed by atoms with Crippen LogP contribution in [0.25, 0.3) is 44.4 Å². The molecule has 0 unspecified atom stereocenters. The van der Waals surface area contributed by atoms with E-state index in [1.807, 2.05) is 81.6 Å². The Morgan fingerprint density at radius 1 is 0.778 bits per heavy atom. The summed E-state index contributed by atoms with van der Waals surface area (Å²) in [7, 11) is 0. The van der Waals surface area contributed by atoms with E-state index in [1.54, 1.807) is 4.68 Å². The van der Waals surface area contributed by atoms with Crippen molar-refractivity contribution in [3.63, 3.8) is 0 Å². The van der Waals surface area contributed by atoms with Gasteiger partial charge in [0, 0.05) is 34.5 Å². The summed E-state index contributed by atoms with van der Waals surface area (Å²) in [5, 5.41) is 6.91. The molecule has 3 heterocycles. The van der Waals surface area contributed by atoms with Gasteiger partial charge in [-0.1, -0.05) is 43.6 Å². The van der Waals surface area contributed by atoms with Crippen LogP contribution in [0.15, 0.2) is 91.1 Å². The first-order valence-electron chi connectivity index (χ1n) is 14.6. The maximum atomic E-state index is 14.9. The number of ether oxygens (including phenoxy) is 1. The molecule has 0 amide bonds. The molecule has 0 aliphatic rings. The van der Waals surface area contributed by atoms with E-state index < -0.39 is 11.6 Å². The molecule has 5 nitrogen and oxygen atoms in total. The summed E-state index contributed by atoms with van der Waals surface area (Å²) in [6.45, 7) is 5.92. The molecule has 4 aromatic carbocycles. The normalized spacial score (nSPS) is 11.2. The molecular formula is C37H28F2N4OPd. The van der Waals surface area contributed by atoms with E-state index in [1.165, 1.54) is 18.2 Å². The van der Waals surface area contributed by atoms with Crippen molar-refractivity contribution in [1.82, 2.24) is 19.3 Å². The summed E-state index contributed by atoms with van der Waals surface area (Å²) in [4.78, 5) is 4.65. The Morgan fingerprint density at radius 2 is 1.53 bits per heavy atom. The van der Waals surface area contributed by atoms with Crippen molar-refractivity contribution in [3.05, 3.63) is 132 Å². The fraction of sp³-hybridized carbons (Fsp3) is 0.135. The molecular weight excluding hydrogens is 661 g/mol. The summed E-state index contributed by atoms with van der Waals surface area (Å²) in [6, 6.07) is 32.4. The van der Waals surface area contributed by atoms with E-state index in [0.717, 1.165) is 33.2 Å². The molecule has 0 fully saturated rings. The first-order chi connectivity index (χ1) is 21.5. The summed E-state index contributed by atoms with van der Waals surface area (Å²) in [5.41, 5.74) is 5.34. The molecule has 0 bridgehead atoms. The molecule has 0 aliphatic heterocycles. The minimum atomic E-state index is -0.612. The smallest absolute Gasteiger partial charge is 0.509 e. The van der Waals surface area contributed by atoms with Crippen LogP contribution in [-0.2, 0) is 33.3 Å². The van der Waals surface area contributed by atoms with Gasteiger partial charge >= 0.3 is 20.4 Å². The maximum Gasteiger partial charge on any atom is 2.00 e. The predicted octanol–water partition coefficient (Wildman–Crippen LogP) is 9.13. The first kappa shape index (κ1) is 30.4. The number of nitrogens with zero attached hydrogens (tertiary/aromatic N) is 4. The minimum absolute atomic E-state index is 0. The Bertz CT molecular complexity index is 2170. The van der Waals surface area contributed by atoms with Crippen LogP contribution >= 0.6 is 0 Å². The standard InChI is InChI=1S/C37H28F2N4O.Pd/c1-4-31-37(36-29(38)13-9-14-30(36)39)32(5-2)43(41-31)24-10-8-11-25(21-24)44-26-16-17-28-27-12-6-7-15-33(27)42(34(28)22-26)35-20-23(3)18-19-40-35;/h6-20H,4-5H2,1-3H3;/q-2;+2. The van der Waals surface area contributed by atoms with Gasteiger partial charge in [0.1, 0.15) is 17.5 Å². The van der Waals surface area contributed by atoms with E-state index in [9.17, 15) is 8.78 Å². The molecule has 7 rings (SSSR count). The Kier molecular flexibility index (Phi) is 8.37. The van der Waals surface area contributed by atoms with Crippen molar-refractivity contribution in [3.8, 4) is 34.1 Å². The van der Waals surface area contributed by atoms with Gasteiger partial charge in [-0.3, -0.25) is 4.68 Å². The fourth-order valence-corrected chi connectivity index (χ4v) is 5.85. The zero-order valence-electron chi connectivity index (χ0n) is 24.8. The Morgan fingerprint density at radius 3 is 2.29 bits per heavy atom. The van der Waals surface area contributed by atoms with Crippen LogP contribution in [0.1, 0.15) is 30.8 Å². The van der Waals surface area contributed by atoms with Gasteiger partial charge < -0.3 is 9.30 Å². The molecule has 0 N–H and O–H groups in total. The monoisotopic (exact) mass is 688 g/mol. The third kappa shape index (κ3) is 5.35. The molecule has 3 aromatic heterocycles. The number of rotatable bonds is 7. The van der Waals surface area contributed by atoms with Crippen LogP contribution < -0.4 is 4.74 Å². The van der Waals surface area contributed by atoms with Gasteiger partial charge in [-0.05, 0) is 66.7 Å². The quantitative estimate of drug-likeness (QED) is 0.124. The molecule has 226 valence electrons. The van der Waals surface area contributed by atoms with Gasteiger partial charge in [0.05, 0.1) is 11.3 Å². The molecule has 0 atom stereocenters. The predicted molar refractivity (Wildman–Crippen MR) is 169 cm³/mol. The van der Waals surface area contributed by atoms with Crippen molar-refractivity contribution in [2.75, 3.05) is 0 Å². The molecule has 0 saturated heterocycles. The molecule has 0 spiro atoms. The topological polar surface area (TPSA) is 44.9 Å². The number of hydrogen-bond acceptors (Lipinski definition) is 3. The molecule has 7 aromatic rings. The van der Waals surface area contributed by atoms with Gasteiger partial charge in [-0.2, -0.15) is 17.2 Å². The number of fused-ring (bicyclic) bond motifs is 3. The third-order valence-electron chi connectivity index (χ3n) is 7.82. The number of hydrogen-bond donors (Lipinski definition) is 0. The van der Waals surface area contributed by atoms with Gasteiger partial charge in [0.15, 0.2) is 0 Å². The number of halogens is 2. The van der Waals surface area contributed by atoms with E-state index in [-0.39, 0.29) is 26.0 Å². The summed E-state index contributed by atoms with van der Waals surface area (Å²) in [5.74, 6) is 0.557. The van der Waals surface area contributed by atoms with Crippen molar-refractivity contribution >= 4 is 21.8 Å².